The molecule has 2 rings (SSSR count). The van der Waals surface area contributed by atoms with E-state index in [9.17, 15) is 9.90 Å². The molecule has 1 aliphatic rings. The molecule has 0 bridgehead atoms. The summed E-state index contributed by atoms with van der Waals surface area (Å²) < 4.78 is 5.73. The van der Waals surface area contributed by atoms with E-state index in [1.165, 1.54) is 0 Å². The number of ether oxygens (including phenoxy) is 1. The molecule has 1 amide bonds. The number of hydrogen-bond donors (Lipinski definition) is 2. The van der Waals surface area contributed by atoms with Gasteiger partial charge in [-0.05, 0) is 63.3 Å². The topological polar surface area (TPSA) is 58.6 Å². The van der Waals surface area contributed by atoms with Gasteiger partial charge in [-0.2, -0.15) is 0 Å². The van der Waals surface area contributed by atoms with Crippen LogP contribution in [0.25, 0.3) is 0 Å². The minimum atomic E-state index is -0.953. The Morgan fingerprint density at radius 1 is 1.38 bits per heavy atom. The normalized spacial score (nSPS) is 22.1. The minimum Gasteiger partial charge on any atom is -0.478 e. The molecule has 2 atom stereocenters. The third-order valence-electron chi connectivity index (χ3n) is 3.80. The predicted octanol–water partition coefficient (Wildman–Crippen LogP) is 2.77. The van der Waals surface area contributed by atoms with Crippen molar-refractivity contribution in [3.63, 3.8) is 0 Å². The van der Waals surface area contributed by atoms with Crippen LogP contribution in [0.15, 0.2) is 24.3 Å². The van der Waals surface area contributed by atoms with Crippen molar-refractivity contribution in [2.45, 2.75) is 44.8 Å². The first-order valence-electron chi connectivity index (χ1n) is 7.28. The number of carbonyl (C=O) groups excluding carboxylic acids is 1. The molecule has 0 saturated heterocycles. The van der Waals surface area contributed by atoms with Crippen LogP contribution in [0.2, 0.25) is 5.02 Å². The largest absolute Gasteiger partial charge is 0.478 e. The second-order valence-corrected chi connectivity index (χ2v) is 6.55. The molecule has 21 heavy (non-hydrogen) atoms. The zero-order valence-corrected chi connectivity index (χ0v) is 13.2. The van der Waals surface area contributed by atoms with E-state index in [4.69, 9.17) is 16.3 Å². The van der Waals surface area contributed by atoms with E-state index in [1.807, 2.05) is 0 Å². The van der Waals surface area contributed by atoms with Gasteiger partial charge in [0, 0.05) is 11.6 Å². The quantitative estimate of drug-likeness (QED) is 0.879. The van der Waals surface area contributed by atoms with E-state index in [0.29, 0.717) is 23.2 Å². The van der Waals surface area contributed by atoms with Crippen LogP contribution in [-0.2, 0) is 4.79 Å². The van der Waals surface area contributed by atoms with Crippen LogP contribution in [0, 0.1) is 5.92 Å². The van der Waals surface area contributed by atoms with Gasteiger partial charge in [0.15, 0.2) is 5.60 Å². The molecule has 0 aliphatic heterocycles. The van der Waals surface area contributed by atoms with Gasteiger partial charge in [-0.3, -0.25) is 4.79 Å². The highest BCUT2D eigenvalue weighted by Crippen LogP contribution is 2.25. The number of hydrogen-bond acceptors (Lipinski definition) is 3. The maximum absolute atomic E-state index is 12.2. The van der Waals surface area contributed by atoms with Gasteiger partial charge in [0.25, 0.3) is 5.91 Å². The Kier molecular flexibility index (Phi) is 5.12. The summed E-state index contributed by atoms with van der Waals surface area (Å²) in [5, 5.41) is 13.0. The lowest BCUT2D eigenvalue weighted by molar-refractivity contribution is -0.134. The van der Waals surface area contributed by atoms with E-state index in [2.05, 4.69) is 5.32 Å². The summed E-state index contributed by atoms with van der Waals surface area (Å²) in [7, 11) is 0. The molecule has 0 heterocycles. The maximum Gasteiger partial charge on any atom is 0.263 e. The van der Waals surface area contributed by atoms with Crippen LogP contribution in [0.5, 0.6) is 5.75 Å². The minimum absolute atomic E-state index is 0.154. The summed E-state index contributed by atoms with van der Waals surface area (Å²) in [5.41, 5.74) is -0.953. The second-order valence-electron chi connectivity index (χ2n) is 6.11. The summed E-state index contributed by atoms with van der Waals surface area (Å²) in [5.74, 6) is 0.810. The van der Waals surface area contributed by atoms with Gasteiger partial charge in [-0.25, -0.2) is 0 Å². The van der Waals surface area contributed by atoms with Crippen molar-refractivity contribution < 1.29 is 14.6 Å². The van der Waals surface area contributed by atoms with E-state index in [-0.39, 0.29) is 12.0 Å². The zero-order valence-electron chi connectivity index (χ0n) is 12.4. The van der Waals surface area contributed by atoms with Crippen LogP contribution in [0.4, 0.5) is 0 Å². The first-order chi connectivity index (χ1) is 9.87. The summed E-state index contributed by atoms with van der Waals surface area (Å²) in [6, 6.07) is 6.94. The van der Waals surface area contributed by atoms with E-state index < -0.39 is 5.60 Å². The fourth-order valence-electron chi connectivity index (χ4n) is 2.53. The Labute approximate surface area is 130 Å². The molecule has 116 valence electrons. The molecular weight excluding hydrogens is 290 g/mol. The first kappa shape index (κ1) is 16.1. The molecule has 0 spiro atoms. The SMILES string of the molecule is CC(C)(Oc1ccc(Cl)cc1)C(=O)NCC1CCC(O)C1. The lowest BCUT2D eigenvalue weighted by Crippen LogP contribution is -2.47. The van der Waals surface area contributed by atoms with Gasteiger partial charge in [0.05, 0.1) is 6.10 Å². The van der Waals surface area contributed by atoms with Gasteiger partial charge in [0.1, 0.15) is 5.75 Å². The molecule has 1 aromatic rings. The van der Waals surface area contributed by atoms with Gasteiger partial charge < -0.3 is 15.2 Å². The number of halogens is 1. The van der Waals surface area contributed by atoms with E-state index in [1.54, 1.807) is 38.1 Å². The van der Waals surface area contributed by atoms with Crippen molar-refractivity contribution in [1.82, 2.24) is 5.32 Å². The number of nitrogens with one attached hydrogen (secondary N) is 1. The van der Waals surface area contributed by atoms with Crippen LogP contribution >= 0.6 is 11.6 Å². The zero-order chi connectivity index (χ0) is 15.5. The number of rotatable bonds is 5. The van der Waals surface area contributed by atoms with E-state index >= 15 is 0 Å². The summed E-state index contributed by atoms with van der Waals surface area (Å²) in [4.78, 5) is 12.2. The number of benzene rings is 1. The van der Waals surface area contributed by atoms with Crippen molar-refractivity contribution in [1.29, 1.82) is 0 Å². The van der Waals surface area contributed by atoms with Crippen LogP contribution in [0.3, 0.4) is 0 Å². The molecule has 0 radical (unpaired) electrons. The third-order valence-corrected chi connectivity index (χ3v) is 4.05. The smallest absolute Gasteiger partial charge is 0.263 e. The Morgan fingerprint density at radius 2 is 2.05 bits per heavy atom. The molecule has 4 nitrogen and oxygen atoms in total. The van der Waals surface area contributed by atoms with Gasteiger partial charge in [-0.1, -0.05) is 11.6 Å². The molecule has 5 heteroatoms. The number of aliphatic hydroxyl groups is 1. The average Bonchev–Trinajstić information content (AvgIpc) is 2.84. The second kappa shape index (κ2) is 6.67. The first-order valence-corrected chi connectivity index (χ1v) is 7.65. The molecule has 2 N–H and O–H groups in total. The Balaban J connectivity index is 1.86. The predicted molar refractivity (Wildman–Crippen MR) is 82.5 cm³/mol. The Hall–Kier alpha value is -1.26. The fraction of sp³-hybridized carbons (Fsp3) is 0.562. The molecule has 0 aromatic heterocycles. The number of carbonyl (C=O) groups is 1. The summed E-state index contributed by atoms with van der Waals surface area (Å²) in [6.07, 6.45) is 2.33. The van der Waals surface area contributed by atoms with Crippen molar-refractivity contribution in [3.8, 4) is 5.75 Å². The van der Waals surface area contributed by atoms with Crippen LogP contribution < -0.4 is 10.1 Å². The van der Waals surface area contributed by atoms with Crippen LogP contribution in [-0.4, -0.2) is 29.3 Å². The van der Waals surface area contributed by atoms with Gasteiger partial charge >= 0.3 is 0 Å². The summed E-state index contributed by atoms with van der Waals surface area (Å²) in [6.45, 7) is 4.06. The highest BCUT2D eigenvalue weighted by Gasteiger charge is 2.31. The van der Waals surface area contributed by atoms with Gasteiger partial charge in [-0.15, -0.1) is 0 Å². The molecule has 2 unspecified atom stereocenters. The van der Waals surface area contributed by atoms with Crippen molar-refractivity contribution in [2.75, 3.05) is 6.54 Å². The molecule has 1 aromatic carbocycles. The third kappa shape index (κ3) is 4.61. The Bertz CT molecular complexity index is 487. The number of aliphatic hydroxyl groups excluding tert-OH is 1. The van der Waals surface area contributed by atoms with Crippen LogP contribution in [0.1, 0.15) is 33.1 Å². The fourth-order valence-corrected chi connectivity index (χ4v) is 2.65. The molecular formula is C16H22ClNO3. The van der Waals surface area contributed by atoms with Gasteiger partial charge in [0.2, 0.25) is 0 Å². The highest BCUT2D eigenvalue weighted by atomic mass is 35.5. The maximum atomic E-state index is 12.2. The summed E-state index contributed by atoms with van der Waals surface area (Å²) >= 11 is 5.82. The average molecular weight is 312 g/mol. The monoisotopic (exact) mass is 311 g/mol. The Morgan fingerprint density at radius 3 is 2.62 bits per heavy atom. The highest BCUT2D eigenvalue weighted by molar-refractivity contribution is 6.30. The molecule has 1 aliphatic carbocycles. The van der Waals surface area contributed by atoms with Crippen molar-refractivity contribution in [2.24, 2.45) is 5.92 Å². The lowest BCUT2D eigenvalue weighted by atomic mass is 10.1. The lowest BCUT2D eigenvalue weighted by Gasteiger charge is -2.26. The van der Waals surface area contributed by atoms with Crippen molar-refractivity contribution >= 4 is 17.5 Å². The van der Waals surface area contributed by atoms with Crippen molar-refractivity contribution in [3.05, 3.63) is 29.3 Å². The molecule has 1 fully saturated rings. The molecule has 1 saturated carbocycles. The number of amides is 1. The van der Waals surface area contributed by atoms with E-state index in [0.717, 1.165) is 19.3 Å². The standard InChI is InChI=1S/C16H22ClNO3/c1-16(2,21-14-7-4-12(17)5-8-14)15(20)18-10-11-3-6-13(19)9-11/h4-5,7-8,11,13,19H,3,6,9-10H2,1-2H3,(H,18,20).